The molecule has 108 valence electrons. The van der Waals surface area contributed by atoms with Crippen LogP contribution in [0.15, 0.2) is 18.2 Å². The third kappa shape index (κ3) is 3.07. The minimum atomic E-state index is -1.29. The van der Waals surface area contributed by atoms with Crippen LogP contribution in [-0.4, -0.2) is 41.1 Å². The lowest BCUT2D eigenvalue weighted by Crippen LogP contribution is -2.36. The summed E-state index contributed by atoms with van der Waals surface area (Å²) in [6.45, 7) is 2.07. The van der Waals surface area contributed by atoms with Crippen molar-refractivity contribution in [2.45, 2.75) is 25.8 Å². The highest BCUT2D eigenvalue weighted by atomic mass is 19.1. The second-order valence-corrected chi connectivity index (χ2v) is 4.62. The number of carboxylic acids is 1. The number of nitrogens with zero attached hydrogens (tertiary/aromatic N) is 1. The maximum atomic E-state index is 13.6. The minimum Gasteiger partial charge on any atom is -0.480 e. The molecule has 0 radical (unpaired) electrons. The standard InChI is InChI=1S/C14H16FNO4/c1-2-16(9-6-7-9)12(17)8-20-13-10(14(18)19)4-3-5-11(13)15/h3-5,9H,2,6-8H2,1H3,(H,18,19). The fraction of sp³-hybridized carbons (Fsp3) is 0.429. The number of ether oxygens (including phenoxy) is 1. The van der Waals surface area contributed by atoms with Gasteiger partial charge in [0.1, 0.15) is 5.56 Å². The van der Waals surface area contributed by atoms with Crippen molar-refractivity contribution >= 4 is 11.9 Å². The summed E-state index contributed by atoms with van der Waals surface area (Å²) in [5.74, 6) is -2.72. The van der Waals surface area contributed by atoms with Crippen molar-refractivity contribution in [1.29, 1.82) is 0 Å². The second-order valence-electron chi connectivity index (χ2n) is 4.62. The Labute approximate surface area is 116 Å². The molecule has 1 aliphatic rings. The lowest BCUT2D eigenvalue weighted by molar-refractivity contribution is -0.133. The van der Waals surface area contributed by atoms with Gasteiger partial charge in [0.2, 0.25) is 0 Å². The molecule has 0 heterocycles. The number of benzene rings is 1. The van der Waals surface area contributed by atoms with Crippen LogP contribution in [0, 0.1) is 5.82 Å². The van der Waals surface area contributed by atoms with Gasteiger partial charge in [-0.05, 0) is 31.9 Å². The van der Waals surface area contributed by atoms with Crippen LogP contribution >= 0.6 is 0 Å². The molecule has 1 saturated carbocycles. The van der Waals surface area contributed by atoms with Crippen molar-refractivity contribution in [3.05, 3.63) is 29.6 Å². The van der Waals surface area contributed by atoms with E-state index in [-0.39, 0.29) is 29.9 Å². The molecular formula is C14H16FNO4. The molecule has 6 heteroatoms. The van der Waals surface area contributed by atoms with Gasteiger partial charge in [0.15, 0.2) is 18.2 Å². The van der Waals surface area contributed by atoms with Crippen LogP contribution in [0.5, 0.6) is 5.75 Å². The van der Waals surface area contributed by atoms with Crippen molar-refractivity contribution < 1.29 is 23.8 Å². The highest BCUT2D eigenvalue weighted by Crippen LogP contribution is 2.27. The second kappa shape index (κ2) is 5.90. The zero-order valence-electron chi connectivity index (χ0n) is 11.1. The Morgan fingerprint density at radius 2 is 2.15 bits per heavy atom. The topological polar surface area (TPSA) is 66.8 Å². The number of carbonyl (C=O) groups is 2. The monoisotopic (exact) mass is 281 g/mol. The van der Waals surface area contributed by atoms with E-state index in [2.05, 4.69) is 0 Å². The lowest BCUT2D eigenvalue weighted by atomic mass is 10.2. The first-order valence-corrected chi connectivity index (χ1v) is 6.48. The van der Waals surface area contributed by atoms with Crippen molar-refractivity contribution in [3.63, 3.8) is 0 Å². The molecule has 0 atom stereocenters. The third-order valence-electron chi connectivity index (χ3n) is 3.19. The first-order chi connectivity index (χ1) is 9.54. The molecule has 0 spiro atoms. The van der Waals surface area contributed by atoms with Gasteiger partial charge in [-0.2, -0.15) is 0 Å². The SMILES string of the molecule is CCN(C(=O)COc1c(F)cccc1C(=O)O)C1CC1. The molecule has 5 nitrogen and oxygen atoms in total. The van der Waals surface area contributed by atoms with Crippen LogP contribution in [0.25, 0.3) is 0 Å². The number of hydrogen-bond donors (Lipinski definition) is 1. The number of para-hydroxylation sites is 1. The maximum absolute atomic E-state index is 13.6. The van der Waals surface area contributed by atoms with Crippen molar-refractivity contribution in [2.75, 3.05) is 13.2 Å². The van der Waals surface area contributed by atoms with E-state index in [1.54, 1.807) is 4.90 Å². The number of hydrogen-bond acceptors (Lipinski definition) is 3. The Bertz CT molecular complexity index is 528. The predicted octanol–water partition coefficient (Wildman–Crippen LogP) is 1.91. The number of aromatic carboxylic acids is 1. The van der Waals surface area contributed by atoms with Crippen LogP contribution < -0.4 is 4.74 Å². The Balaban J connectivity index is 2.06. The van der Waals surface area contributed by atoms with Gasteiger partial charge < -0.3 is 14.7 Å². The Kier molecular flexibility index (Phi) is 4.22. The number of rotatable bonds is 6. The number of carboxylic acid groups (broad SMARTS) is 1. The summed E-state index contributed by atoms with van der Waals surface area (Å²) in [6, 6.07) is 3.88. The Morgan fingerprint density at radius 3 is 2.70 bits per heavy atom. The summed E-state index contributed by atoms with van der Waals surface area (Å²) >= 11 is 0. The average molecular weight is 281 g/mol. The fourth-order valence-corrected chi connectivity index (χ4v) is 2.07. The normalized spacial score (nSPS) is 13.9. The summed E-state index contributed by atoms with van der Waals surface area (Å²) in [4.78, 5) is 24.6. The number of carbonyl (C=O) groups excluding carboxylic acids is 1. The number of halogens is 1. The van der Waals surface area contributed by atoms with Gasteiger partial charge in [-0.3, -0.25) is 4.79 Å². The van der Waals surface area contributed by atoms with Gasteiger partial charge >= 0.3 is 5.97 Å². The summed E-state index contributed by atoms with van der Waals surface area (Å²) in [5.41, 5.74) is -0.285. The van der Waals surface area contributed by atoms with Crippen LogP contribution in [0.3, 0.4) is 0 Å². The molecule has 0 saturated heterocycles. The number of likely N-dealkylation sites (N-methyl/N-ethyl adjacent to an activating group) is 1. The van der Waals surface area contributed by atoms with Crippen molar-refractivity contribution in [1.82, 2.24) is 4.90 Å². The van der Waals surface area contributed by atoms with Gasteiger partial charge in [0.05, 0.1) is 0 Å². The quantitative estimate of drug-likeness (QED) is 0.865. The fourth-order valence-electron chi connectivity index (χ4n) is 2.07. The van der Waals surface area contributed by atoms with Gasteiger partial charge in [0, 0.05) is 12.6 Å². The van der Waals surface area contributed by atoms with E-state index in [1.807, 2.05) is 6.92 Å². The van der Waals surface area contributed by atoms with E-state index in [9.17, 15) is 14.0 Å². The van der Waals surface area contributed by atoms with Gasteiger partial charge in [-0.25, -0.2) is 9.18 Å². The van der Waals surface area contributed by atoms with Crippen LogP contribution in [0.1, 0.15) is 30.1 Å². The lowest BCUT2D eigenvalue weighted by Gasteiger charge is -2.20. The molecule has 1 aromatic rings. The molecule has 1 N–H and O–H groups in total. The molecule has 1 amide bonds. The van der Waals surface area contributed by atoms with E-state index in [1.165, 1.54) is 12.1 Å². The Morgan fingerprint density at radius 1 is 1.45 bits per heavy atom. The molecule has 2 rings (SSSR count). The van der Waals surface area contributed by atoms with Gasteiger partial charge in [-0.15, -0.1) is 0 Å². The highest BCUT2D eigenvalue weighted by Gasteiger charge is 2.31. The predicted molar refractivity (Wildman–Crippen MR) is 69.3 cm³/mol. The smallest absolute Gasteiger partial charge is 0.339 e. The van der Waals surface area contributed by atoms with Gasteiger partial charge in [0.25, 0.3) is 5.91 Å². The molecule has 1 aliphatic carbocycles. The van der Waals surface area contributed by atoms with Crippen LogP contribution in [-0.2, 0) is 4.79 Å². The van der Waals surface area contributed by atoms with E-state index in [4.69, 9.17) is 9.84 Å². The van der Waals surface area contributed by atoms with Crippen molar-refractivity contribution in [3.8, 4) is 5.75 Å². The molecule has 0 unspecified atom stereocenters. The molecule has 0 aromatic heterocycles. The average Bonchev–Trinajstić information content (AvgIpc) is 3.22. The summed E-state index contributed by atoms with van der Waals surface area (Å²) < 4.78 is 18.7. The van der Waals surface area contributed by atoms with Crippen molar-refractivity contribution in [2.24, 2.45) is 0 Å². The van der Waals surface area contributed by atoms with E-state index in [0.29, 0.717) is 6.54 Å². The zero-order chi connectivity index (χ0) is 14.7. The molecule has 1 fully saturated rings. The van der Waals surface area contributed by atoms with Crippen LogP contribution in [0.2, 0.25) is 0 Å². The van der Waals surface area contributed by atoms with E-state index >= 15 is 0 Å². The number of amides is 1. The highest BCUT2D eigenvalue weighted by molar-refractivity contribution is 5.91. The van der Waals surface area contributed by atoms with Crippen LogP contribution in [0.4, 0.5) is 4.39 Å². The first kappa shape index (κ1) is 14.3. The summed E-state index contributed by atoms with van der Waals surface area (Å²) in [6.07, 6.45) is 1.94. The molecular weight excluding hydrogens is 265 g/mol. The molecule has 0 bridgehead atoms. The summed E-state index contributed by atoms with van der Waals surface area (Å²) in [7, 11) is 0. The molecule has 20 heavy (non-hydrogen) atoms. The van der Waals surface area contributed by atoms with E-state index < -0.39 is 11.8 Å². The molecule has 1 aromatic carbocycles. The third-order valence-corrected chi connectivity index (χ3v) is 3.19. The summed E-state index contributed by atoms with van der Waals surface area (Å²) in [5, 5.41) is 8.97. The Hall–Kier alpha value is -2.11. The van der Waals surface area contributed by atoms with E-state index in [0.717, 1.165) is 18.9 Å². The first-order valence-electron chi connectivity index (χ1n) is 6.48. The minimum absolute atomic E-state index is 0.246. The zero-order valence-corrected chi connectivity index (χ0v) is 11.1. The van der Waals surface area contributed by atoms with Gasteiger partial charge in [-0.1, -0.05) is 6.07 Å². The maximum Gasteiger partial charge on any atom is 0.339 e. The molecule has 0 aliphatic heterocycles. The largest absolute Gasteiger partial charge is 0.480 e.